The SMILES string of the molecule is C=COCCNC(=O)C(=O)Nc1ccc(C)cc1. The van der Waals surface area contributed by atoms with E-state index in [0.717, 1.165) is 5.56 Å². The van der Waals surface area contributed by atoms with Crippen molar-refractivity contribution in [3.8, 4) is 0 Å². The maximum absolute atomic E-state index is 11.5. The van der Waals surface area contributed by atoms with Crippen LogP contribution in [-0.2, 0) is 14.3 Å². The molecule has 1 rings (SSSR count). The molecule has 96 valence electrons. The molecule has 0 aromatic heterocycles. The molecule has 2 amide bonds. The molecular weight excluding hydrogens is 232 g/mol. The number of nitrogens with one attached hydrogen (secondary N) is 2. The summed E-state index contributed by atoms with van der Waals surface area (Å²) in [6.45, 7) is 5.84. The van der Waals surface area contributed by atoms with E-state index in [1.165, 1.54) is 6.26 Å². The summed E-state index contributed by atoms with van der Waals surface area (Å²) in [5.74, 6) is -1.39. The van der Waals surface area contributed by atoms with Crippen molar-refractivity contribution in [2.45, 2.75) is 6.92 Å². The fourth-order valence-corrected chi connectivity index (χ4v) is 1.21. The minimum atomic E-state index is -0.697. The van der Waals surface area contributed by atoms with Crippen molar-refractivity contribution in [2.75, 3.05) is 18.5 Å². The highest BCUT2D eigenvalue weighted by molar-refractivity contribution is 6.39. The van der Waals surface area contributed by atoms with Gasteiger partial charge < -0.3 is 15.4 Å². The number of rotatable bonds is 5. The van der Waals surface area contributed by atoms with E-state index >= 15 is 0 Å². The van der Waals surface area contributed by atoms with Gasteiger partial charge >= 0.3 is 11.8 Å². The van der Waals surface area contributed by atoms with Gasteiger partial charge in [-0.1, -0.05) is 24.3 Å². The zero-order valence-corrected chi connectivity index (χ0v) is 10.2. The Labute approximate surface area is 106 Å². The first-order valence-electron chi connectivity index (χ1n) is 5.52. The smallest absolute Gasteiger partial charge is 0.313 e. The first-order valence-corrected chi connectivity index (χ1v) is 5.52. The van der Waals surface area contributed by atoms with Crippen molar-refractivity contribution < 1.29 is 14.3 Å². The molecule has 5 nitrogen and oxygen atoms in total. The Balaban J connectivity index is 2.37. The second kappa shape index (κ2) is 7.11. The Bertz CT molecular complexity index is 426. The molecule has 2 N–H and O–H groups in total. The van der Waals surface area contributed by atoms with Crippen LogP contribution in [0.2, 0.25) is 0 Å². The molecule has 0 heterocycles. The van der Waals surface area contributed by atoms with Gasteiger partial charge in [-0.15, -0.1) is 0 Å². The number of hydrogen-bond acceptors (Lipinski definition) is 3. The van der Waals surface area contributed by atoms with Gasteiger partial charge in [-0.25, -0.2) is 0 Å². The van der Waals surface area contributed by atoms with Crippen LogP contribution in [-0.4, -0.2) is 25.0 Å². The maximum Gasteiger partial charge on any atom is 0.313 e. The molecule has 1 aromatic carbocycles. The summed E-state index contributed by atoms with van der Waals surface area (Å²) in [5.41, 5.74) is 1.67. The largest absolute Gasteiger partial charge is 0.500 e. The van der Waals surface area contributed by atoms with Crippen LogP contribution >= 0.6 is 0 Å². The first-order chi connectivity index (χ1) is 8.63. The zero-order valence-electron chi connectivity index (χ0n) is 10.2. The van der Waals surface area contributed by atoms with Crippen molar-refractivity contribution in [3.05, 3.63) is 42.7 Å². The lowest BCUT2D eigenvalue weighted by molar-refractivity contribution is -0.136. The molecule has 0 unspecified atom stereocenters. The van der Waals surface area contributed by atoms with Crippen molar-refractivity contribution in [1.82, 2.24) is 5.32 Å². The predicted octanol–water partition coefficient (Wildman–Crippen LogP) is 1.21. The Morgan fingerprint density at radius 1 is 1.28 bits per heavy atom. The van der Waals surface area contributed by atoms with E-state index < -0.39 is 11.8 Å². The number of hydrogen-bond donors (Lipinski definition) is 2. The van der Waals surface area contributed by atoms with Crippen molar-refractivity contribution in [1.29, 1.82) is 0 Å². The minimum Gasteiger partial charge on any atom is -0.500 e. The van der Waals surface area contributed by atoms with Crippen LogP contribution in [0.3, 0.4) is 0 Å². The van der Waals surface area contributed by atoms with Gasteiger partial charge in [0.2, 0.25) is 0 Å². The number of amides is 2. The second-order valence-corrected chi connectivity index (χ2v) is 3.61. The Hall–Kier alpha value is -2.30. The van der Waals surface area contributed by atoms with E-state index in [-0.39, 0.29) is 13.2 Å². The van der Waals surface area contributed by atoms with E-state index in [1.54, 1.807) is 12.1 Å². The molecule has 0 atom stereocenters. The summed E-state index contributed by atoms with van der Waals surface area (Å²) in [6.07, 6.45) is 1.28. The average Bonchev–Trinajstić information content (AvgIpc) is 2.37. The van der Waals surface area contributed by atoms with E-state index in [0.29, 0.717) is 5.69 Å². The van der Waals surface area contributed by atoms with E-state index in [2.05, 4.69) is 17.2 Å². The highest BCUT2D eigenvalue weighted by atomic mass is 16.5. The van der Waals surface area contributed by atoms with Crippen LogP contribution in [0.15, 0.2) is 37.1 Å². The number of carbonyl (C=O) groups excluding carboxylic acids is 2. The lowest BCUT2D eigenvalue weighted by Gasteiger charge is -2.06. The van der Waals surface area contributed by atoms with Crippen LogP contribution in [0.25, 0.3) is 0 Å². The highest BCUT2D eigenvalue weighted by Crippen LogP contribution is 2.07. The molecule has 18 heavy (non-hydrogen) atoms. The Morgan fingerprint density at radius 3 is 2.56 bits per heavy atom. The molecule has 0 saturated carbocycles. The number of ether oxygens (including phenoxy) is 1. The van der Waals surface area contributed by atoms with Gasteiger partial charge in [0.15, 0.2) is 0 Å². The number of aryl methyl sites for hydroxylation is 1. The van der Waals surface area contributed by atoms with Crippen LogP contribution in [0.5, 0.6) is 0 Å². The standard InChI is InChI=1S/C13H16N2O3/c1-3-18-9-8-14-12(16)13(17)15-11-6-4-10(2)5-7-11/h3-7H,1,8-9H2,2H3,(H,14,16)(H,15,17). The topological polar surface area (TPSA) is 67.4 Å². The molecule has 5 heteroatoms. The maximum atomic E-state index is 11.5. The lowest BCUT2D eigenvalue weighted by atomic mass is 10.2. The fraction of sp³-hybridized carbons (Fsp3) is 0.231. The molecule has 0 saturated heterocycles. The molecule has 0 fully saturated rings. The molecule has 1 aromatic rings. The molecule has 0 spiro atoms. The third kappa shape index (κ3) is 4.69. The molecule has 0 aliphatic heterocycles. The van der Waals surface area contributed by atoms with Crippen molar-refractivity contribution >= 4 is 17.5 Å². The third-order valence-electron chi connectivity index (χ3n) is 2.14. The number of benzene rings is 1. The van der Waals surface area contributed by atoms with E-state index in [9.17, 15) is 9.59 Å². The van der Waals surface area contributed by atoms with Gasteiger partial charge in [-0.2, -0.15) is 0 Å². The van der Waals surface area contributed by atoms with Crippen LogP contribution in [0.4, 0.5) is 5.69 Å². The molecule has 0 bridgehead atoms. The molecule has 0 aliphatic rings. The Morgan fingerprint density at radius 2 is 1.94 bits per heavy atom. The lowest BCUT2D eigenvalue weighted by Crippen LogP contribution is -2.37. The van der Waals surface area contributed by atoms with Gasteiger partial charge in [0, 0.05) is 5.69 Å². The summed E-state index contributed by atoms with van der Waals surface area (Å²) in [6, 6.07) is 7.18. The minimum absolute atomic E-state index is 0.256. The van der Waals surface area contributed by atoms with Gasteiger partial charge in [-0.05, 0) is 19.1 Å². The quantitative estimate of drug-likeness (QED) is 0.467. The van der Waals surface area contributed by atoms with E-state index in [1.807, 2.05) is 19.1 Å². The van der Waals surface area contributed by atoms with Crippen LogP contribution < -0.4 is 10.6 Å². The van der Waals surface area contributed by atoms with Gasteiger partial charge in [-0.3, -0.25) is 9.59 Å². The third-order valence-corrected chi connectivity index (χ3v) is 2.14. The van der Waals surface area contributed by atoms with Crippen LogP contribution in [0, 0.1) is 6.92 Å². The fourth-order valence-electron chi connectivity index (χ4n) is 1.21. The van der Waals surface area contributed by atoms with Crippen molar-refractivity contribution in [2.24, 2.45) is 0 Å². The normalized spacial score (nSPS) is 9.39. The summed E-state index contributed by atoms with van der Waals surface area (Å²) in [5, 5.41) is 4.92. The second-order valence-electron chi connectivity index (χ2n) is 3.61. The van der Waals surface area contributed by atoms with Crippen LogP contribution in [0.1, 0.15) is 5.56 Å². The first kappa shape index (κ1) is 13.8. The van der Waals surface area contributed by atoms with Gasteiger partial charge in [0.1, 0.15) is 6.61 Å². The molecular formula is C13H16N2O3. The monoisotopic (exact) mass is 248 g/mol. The average molecular weight is 248 g/mol. The van der Waals surface area contributed by atoms with Gasteiger partial charge in [0.05, 0.1) is 12.8 Å². The summed E-state index contributed by atoms with van der Waals surface area (Å²) >= 11 is 0. The highest BCUT2D eigenvalue weighted by Gasteiger charge is 2.12. The summed E-state index contributed by atoms with van der Waals surface area (Å²) < 4.78 is 4.81. The van der Waals surface area contributed by atoms with E-state index in [4.69, 9.17) is 4.74 Å². The van der Waals surface area contributed by atoms with Gasteiger partial charge in [0.25, 0.3) is 0 Å². The predicted molar refractivity (Wildman–Crippen MR) is 69.0 cm³/mol. The summed E-state index contributed by atoms with van der Waals surface area (Å²) in [7, 11) is 0. The van der Waals surface area contributed by atoms with Crippen molar-refractivity contribution in [3.63, 3.8) is 0 Å². The number of carbonyl (C=O) groups is 2. The zero-order chi connectivity index (χ0) is 13.4. The molecule has 0 aliphatic carbocycles. The molecule has 0 radical (unpaired) electrons. The summed E-state index contributed by atoms with van der Waals surface area (Å²) in [4.78, 5) is 22.8. The Kier molecular flexibility index (Phi) is 5.44. The number of anilines is 1.